The van der Waals surface area contributed by atoms with Crippen molar-refractivity contribution in [2.24, 2.45) is 17.2 Å². The molecule has 0 spiro atoms. The van der Waals surface area contributed by atoms with Crippen molar-refractivity contribution in [2.75, 3.05) is 27.3 Å². The van der Waals surface area contributed by atoms with E-state index in [9.17, 15) is 9.59 Å². The Hall–Kier alpha value is -4.02. The minimum Gasteiger partial charge on any atom is -0.504 e. The number of rotatable bonds is 13. The van der Waals surface area contributed by atoms with Crippen molar-refractivity contribution >= 4 is 11.6 Å². The molecule has 0 bridgehead atoms. The van der Waals surface area contributed by atoms with E-state index in [-0.39, 0.29) is 28.8 Å². The van der Waals surface area contributed by atoms with E-state index < -0.39 is 0 Å². The molecule has 0 aromatic heterocycles. The van der Waals surface area contributed by atoms with Crippen molar-refractivity contribution in [1.29, 1.82) is 0 Å². The van der Waals surface area contributed by atoms with E-state index in [2.05, 4.69) is 19.2 Å². The molecule has 246 valence electrons. The van der Waals surface area contributed by atoms with Crippen molar-refractivity contribution in [3.8, 4) is 23.0 Å². The number of carbonyl (C=O) groups is 2. The number of aromatic hydroxyl groups is 2. The van der Waals surface area contributed by atoms with Gasteiger partial charge in [-0.2, -0.15) is 0 Å². The first-order chi connectivity index (χ1) is 21.1. The van der Waals surface area contributed by atoms with Crippen LogP contribution in [0.15, 0.2) is 59.9 Å². The van der Waals surface area contributed by atoms with Crippen molar-refractivity contribution in [3.05, 3.63) is 71.1 Å². The summed E-state index contributed by atoms with van der Waals surface area (Å²) in [5.74, 6) is 0.814. The third-order valence-corrected chi connectivity index (χ3v) is 6.33. The minimum absolute atomic E-state index is 0.0153. The fourth-order valence-electron chi connectivity index (χ4n) is 3.69. The lowest BCUT2D eigenvalue weighted by Crippen LogP contribution is -2.27. The average molecular weight is 615 g/mol. The zero-order chi connectivity index (χ0) is 33.3. The standard InChI is InChI=1S/C12H18N2O2.C8H11NO2.C8H10O2.C6H15N/c1-2-3-4-5-6-14-10-8-11(15)9(13)7-12(10)16;1-11-8-4-6(5-9)2-3-7(8)10;1-6-3-4-7(9)8(5-6)10-2;1-2-3-4-5-6-7/h7-8,14H,2-6,13H2,1H3;2-4,10H,5,9H2,1H3;3-5,9H,1-2H3;2-7H2,1H3. The SMILES string of the molecule is CCCCCCN.CCCCCCNC1=CC(=O)C(N)=CC1=O.COc1cc(C)ccc1O.COc1cc(CN)ccc1O. The molecule has 2 aromatic carbocycles. The first-order valence-electron chi connectivity index (χ1n) is 15.2. The van der Waals surface area contributed by atoms with E-state index >= 15 is 0 Å². The highest BCUT2D eigenvalue weighted by atomic mass is 16.5. The predicted molar refractivity (Wildman–Crippen MR) is 178 cm³/mol. The molecule has 0 aliphatic heterocycles. The van der Waals surface area contributed by atoms with Gasteiger partial charge in [-0.25, -0.2) is 0 Å². The van der Waals surface area contributed by atoms with E-state index in [0.717, 1.165) is 37.1 Å². The molecule has 10 nitrogen and oxygen atoms in total. The number of carbonyl (C=O) groups excluding carboxylic acids is 2. The van der Waals surface area contributed by atoms with Crippen LogP contribution < -0.4 is 32.0 Å². The maximum Gasteiger partial charge on any atom is 0.203 e. The smallest absolute Gasteiger partial charge is 0.203 e. The summed E-state index contributed by atoms with van der Waals surface area (Å²) in [6.45, 7) is 8.33. The number of ether oxygens (including phenoxy) is 2. The molecule has 44 heavy (non-hydrogen) atoms. The Morgan fingerprint density at radius 1 is 0.750 bits per heavy atom. The lowest BCUT2D eigenvalue weighted by molar-refractivity contribution is -0.115. The summed E-state index contributed by atoms with van der Waals surface area (Å²) in [4.78, 5) is 22.7. The monoisotopic (exact) mass is 614 g/mol. The van der Waals surface area contributed by atoms with E-state index in [0.29, 0.717) is 23.7 Å². The third-order valence-electron chi connectivity index (χ3n) is 6.33. The van der Waals surface area contributed by atoms with Gasteiger partial charge in [0.05, 0.1) is 25.6 Å². The Morgan fingerprint density at radius 3 is 1.84 bits per heavy atom. The summed E-state index contributed by atoms with van der Waals surface area (Å²) in [6, 6.07) is 10.3. The molecule has 0 unspecified atom stereocenters. The number of nitrogens with one attached hydrogen (secondary N) is 1. The molecule has 0 fully saturated rings. The fourth-order valence-corrected chi connectivity index (χ4v) is 3.69. The van der Waals surface area contributed by atoms with Crippen molar-refractivity contribution in [3.63, 3.8) is 0 Å². The molecule has 9 N–H and O–H groups in total. The van der Waals surface area contributed by atoms with Gasteiger partial charge in [-0.15, -0.1) is 0 Å². The van der Waals surface area contributed by atoms with Crippen LogP contribution in [0.3, 0.4) is 0 Å². The van der Waals surface area contributed by atoms with Crippen LogP contribution in [0.2, 0.25) is 0 Å². The van der Waals surface area contributed by atoms with E-state index in [4.69, 9.17) is 36.9 Å². The van der Waals surface area contributed by atoms with Gasteiger partial charge in [-0.1, -0.05) is 64.5 Å². The number of hydrogen-bond donors (Lipinski definition) is 6. The van der Waals surface area contributed by atoms with Crippen LogP contribution in [0.5, 0.6) is 23.0 Å². The van der Waals surface area contributed by atoms with Crippen LogP contribution in [-0.2, 0) is 16.1 Å². The average Bonchev–Trinajstić information content (AvgIpc) is 3.02. The predicted octanol–water partition coefficient (Wildman–Crippen LogP) is 5.13. The Bertz CT molecular complexity index is 1180. The van der Waals surface area contributed by atoms with Crippen molar-refractivity contribution in [1.82, 2.24) is 5.32 Å². The summed E-state index contributed by atoms with van der Waals surface area (Å²) in [6.07, 6.45) is 12.1. The van der Waals surface area contributed by atoms with Crippen LogP contribution in [-0.4, -0.2) is 49.1 Å². The number of phenolic OH excluding ortho intramolecular Hbond substituents is 2. The highest BCUT2D eigenvalue weighted by Gasteiger charge is 2.17. The largest absolute Gasteiger partial charge is 0.504 e. The van der Waals surface area contributed by atoms with Gasteiger partial charge in [-0.05, 0) is 61.7 Å². The molecule has 2 aromatic rings. The van der Waals surface area contributed by atoms with Gasteiger partial charge in [0, 0.05) is 25.2 Å². The minimum atomic E-state index is -0.296. The Labute approximate surface area is 263 Å². The van der Waals surface area contributed by atoms with Gasteiger partial charge in [0.15, 0.2) is 23.0 Å². The maximum atomic E-state index is 11.4. The summed E-state index contributed by atoms with van der Waals surface area (Å²) in [7, 11) is 3.05. The summed E-state index contributed by atoms with van der Waals surface area (Å²) >= 11 is 0. The summed E-state index contributed by atoms with van der Waals surface area (Å²) < 4.78 is 9.76. The Kier molecular flexibility index (Phi) is 22.2. The molecular formula is C34H54N4O6. The lowest BCUT2D eigenvalue weighted by Gasteiger charge is -2.11. The molecule has 1 aliphatic carbocycles. The molecule has 10 heteroatoms. The second-order valence-corrected chi connectivity index (χ2v) is 10.1. The van der Waals surface area contributed by atoms with Crippen molar-refractivity contribution in [2.45, 2.75) is 78.7 Å². The molecular weight excluding hydrogens is 560 g/mol. The molecule has 0 saturated heterocycles. The lowest BCUT2D eigenvalue weighted by atomic mass is 10.1. The van der Waals surface area contributed by atoms with Crippen LogP contribution in [0.25, 0.3) is 0 Å². The van der Waals surface area contributed by atoms with E-state index in [1.807, 2.05) is 13.0 Å². The number of aryl methyl sites for hydroxylation is 1. The Balaban J connectivity index is 0.000000585. The maximum absolute atomic E-state index is 11.4. The third kappa shape index (κ3) is 17.2. The second-order valence-electron chi connectivity index (χ2n) is 10.1. The topological polar surface area (TPSA) is 183 Å². The van der Waals surface area contributed by atoms with Crippen molar-refractivity contribution < 1.29 is 29.3 Å². The number of hydrogen-bond acceptors (Lipinski definition) is 10. The van der Waals surface area contributed by atoms with Gasteiger partial charge in [0.1, 0.15) is 0 Å². The van der Waals surface area contributed by atoms with Crippen LogP contribution >= 0.6 is 0 Å². The number of methoxy groups -OCH3 is 2. The first kappa shape index (κ1) is 40.0. The number of nitrogens with two attached hydrogens (primary N) is 3. The number of allylic oxidation sites excluding steroid dienone is 2. The van der Waals surface area contributed by atoms with Crippen LogP contribution in [0.1, 0.15) is 76.3 Å². The second kappa shape index (κ2) is 24.4. The molecule has 0 saturated carbocycles. The van der Waals surface area contributed by atoms with Gasteiger partial charge >= 0.3 is 0 Å². The quantitative estimate of drug-likeness (QED) is 0.131. The molecule has 0 atom stereocenters. The number of unbranched alkanes of at least 4 members (excludes halogenated alkanes) is 6. The summed E-state index contributed by atoms with van der Waals surface area (Å²) in [5.41, 5.74) is 18.4. The highest BCUT2D eigenvalue weighted by molar-refractivity contribution is 6.19. The van der Waals surface area contributed by atoms with Crippen LogP contribution in [0.4, 0.5) is 0 Å². The number of phenols is 2. The highest BCUT2D eigenvalue weighted by Crippen LogP contribution is 2.26. The zero-order valence-corrected chi connectivity index (χ0v) is 27.2. The molecule has 1 aliphatic rings. The van der Waals surface area contributed by atoms with Gasteiger partial charge in [-0.3, -0.25) is 9.59 Å². The van der Waals surface area contributed by atoms with E-state index in [1.54, 1.807) is 30.3 Å². The number of ketones is 2. The zero-order valence-electron chi connectivity index (χ0n) is 27.2. The van der Waals surface area contributed by atoms with Crippen LogP contribution in [0, 0.1) is 6.92 Å². The van der Waals surface area contributed by atoms with E-state index in [1.165, 1.54) is 64.9 Å². The molecule has 0 radical (unpaired) electrons. The Morgan fingerprint density at radius 2 is 1.32 bits per heavy atom. The number of benzene rings is 2. The van der Waals surface area contributed by atoms with Gasteiger partial charge in [0.25, 0.3) is 0 Å². The normalized spacial score (nSPS) is 11.8. The fraction of sp³-hybridized carbons (Fsp3) is 0.471. The first-order valence-corrected chi connectivity index (χ1v) is 15.2. The van der Waals surface area contributed by atoms with Gasteiger partial charge < -0.3 is 42.2 Å². The molecule has 0 heterocycles. The molecule has 0 amide bonds. The summed E-state index contributed by atoms with van der Waals surface area (Å²) in [5, 5.41) is 21.2. The molecule has 3 rings (SSSR count). The van der Waals surface area contributed by atoms with Gasteiger partial charge in [0.2, 0.25) is 11.6 Å².